The number of nitrogens with zero attached hydrogens (tertiary/aromatic N) is 2. The van der Waals surface area contributed by atoms with E-state index in [9.17, 15) is 0 Å². The molecule has 1 atom stereocenters. The molecule has 2 rings (SSSR count). The second-order valence-electron chi connectivity index (χ2n) is 5.71. The number of hydrogen-bond acceptors (Lipinski definition) is 2. The number of aromatic nitrogens is 2. The first kappa shape index (κ1) is 15.8. The van der Waals surface area contributed by atoms with Gasteiger partial charge in [0.25, 0.3) is 0 Å². The zero-order chi connectivity index (χ0) is 15.2. The van der Waals surface area contributed by atoms with Crippen LogP contribution < -0.4 is 5.32 Å². The van der Waals surface area contributed by atoms with E-state index >= 15 is 0 Å². The molecule has 0 fully saturated rings. The maximum Gasteiger partial charge on any atom is 0.110 e. The fourth-order valence-electron chi connectivity index (χ4n) is 2.76. The van der Waals surface area contributed by atoms with Gasteiger partial charge in [0.05, 0.1) is 0 Å². The number of aryl methyl sites for hydroxylation is 3. The van der Waals surface area contributed by atoms with Crippen molar-refractivity contribution < 1.29 is 0 Å². The Morgan fingerprint density at radius 3 is 2.62 bits per heavy atom. The number of nitrogens with one attached hydrogen (secondary N) is 1. The minimum Gasteiger partial charge on any atom is -0.335 e. The molecule has 1 unspecified atom stereocenters. The highest BCUT2D eigenvalue weighted by molar-refractivity contribution is 5.30. The van der Waals surface area contributed by atoms with Crippen molar-refractivity contribution >= 4 is 0 Å². The molecule has 0 radical (unpaired) electrons. The molecule has 0 aliphatic heterocycles. The average molecular weight is 285 g/mol. The molecular weight excluding hydrogens is 258 g/mol. The zero-order valence-electron chi connectivity index (χ0n) is 13.7. The van der Waals surface area contributed by atoms with Crippen molar-refractivity contribution in [3.8, 4) is 0 Å². The van der Waals surface area contributed by atoms with Crippen LogP contribution in [0.5, 0.6) is 0 Å². The van der Waals surface area contributed by atoms with E-state index in [0.29, 0.717) is 6.04 Å². The van der Waals surface area contributed by atoms with E-state index in [0.717, 1.165) is 25.9 Å². The largest absolute Gasteiger partial charge is 0.335 e. The van der Waals surface area contributed by atoms with Gasteiger partial charge in [0, 0.05) is 31.4 Å². The summed E-state index contributed by atoms with van der Waals surface area (Å²) in [6.45, 7) is 10.7. The fourth-order valence-corrected chi connectivity index (χ4v) is 2.76. The summed E-state index contributed by atoms with van der Waals surface area (Å²) in [7, 11) is 0. The highest BCUT2D eigenvalue weighted by atomic mass is 15.1. The van der Waals surface area contributed by atoms with Crippen molar-refractivity contribution in [2.75, 3.05) is 6.54 Å². The van der Waals surface area contributed by atoms with Crippen molar-refractivity contribution in [3.05, 3.63) is 53.1 Å². The summed E-state index contributed by atoms with van der Waals surface area (Å²) in [4.78, 5) is 4.51. The molecule has 3 heteroatoms. The predicted molar refractivity (Wildman–Crippen MR) is 88.7 cm³/mol. The molecule has 0 saturated heterocycles. The Bertz CT molecular complexity index is 572. The van der Waals surface area contributed by atoms with Crippen LogP contribution in [-0.2, 0) is 19.4 Å². The van der Waals surface area contributed by atoms with Crippen molar-refractivity contribution in [2.24, 2.45) is 0 Å². The van der Waals surface area contributed by atoms with Gasteiger partial charge in [-0.3, -0.25) is 0 Å². The molecule has 1 N–H and O–H groups in total. The van der Waals surface area contributed by atoms with E-state index in [2.05, 4.69) is 67.0 Å². The van der Waals surface area contributed by atoms with Gasteiger partial charge in [-0.2, -0.15) is 0 Å². The van der Waals surface area contributed by atoms with Gasteiger partial charge in [-0.25, -0.2) is 4.98 Å². The van der Waals surface area contributed by atoms with Gasteiger partial charge in [0.1, 0.15) is 5.82 Å². The minimum absolute atomic E-state index is 0.435. The Morgan fingerprint density at radius 2 is 1.95 bits per heavy atom. The third-order valence-electron chi connectivity index (χ3n) is 4.12. The summed E-state index contributed by atoms with van der Waals surface area (Å²) in [5, 5.41) is 3.60. The Kier molecular flexibility index (Phi) is 5.57. The second kappa shape index (κ2) is 7.41. The molecule has 1 aromatic heterocycles. The lowest BCUT2D eigenvalue weighted by molar-refractivity contribution is 0.499. The highest BCUT2D eigenvalue weighted by Gasteiger charge is 2.13. The van der Waals surface area contributed by atoms with Gasteiger partial charge in [-0.1, -0.05) is 25.1 Å². The zero-order valence-corrected chi connectivity index (χ0v) is 13.7. The van der Waals surface area contributed by atoms with Crippen LogP contribution in [0.2, 0.25) is 0 Å². The van der Waals surface area contributed by atoms with Gasteiger partial charge in [-0.15, -0.1) is 0 Å². The number of hydrogen-bond donors (Lipinski definition) is 1. The monoisotopic (exact) mass is 285 g/mol. The maximum absolute atomic E-state index is 4.51. The van der Waals surface area contributed by atoms with Gasteiger partial charge >= 0.3 is 0 Å². The van der Waals surface area contributed by atoms with Gasteiger partial charge in [-0.05, 0) is 50.4 Å². The first-order chi connectivity index (χ1) is 10.1. The highest BCUT2D eigenvalue weighted by Crippen LogP contribution is 2.13. The maximum atomic E-state index is 4.51. The molecule has 3 nitrogen and oxygen atoms in total. The third kappa shape index (κ3) is 4.18. The first-order valence-electron chi connectivity index (χ1n) is 7.93. The van der Waals surface area contributed by atoms with E-state index in [-0.39, 0.29) is 0 Å². The van der Waals surface area contributed by atoms with E-state index < -0.39 is 0 Å². The topological polar surface area (TPSA) is 29.9 Å². The number of likely N-dealkylation sites (N-methyl/N-ethyl adjacent to an activating group) is 1. The van der Waals surface area contributed by atoms with Crippen LogP contribution in [0, 0.1) is 13.8 Å². The Hall–Kier alpha value is -1.61. The molecule has 0 saturated carbocycles. The molecule has 0 aliphatic rings. The van der Waals surface area contributed by atoms with Crippen LogP contribution in [-0.4, -0.2) is 22.1 Å². The molecule has 0 aliphatic carbocycles. The van der Waals surface area contributed by atoms with Gasteiger partial charge < -0.3 is 9.88 Å². The molecule has 1 heterocycles. The van der Waals surface area contributed by atoms with Crippen molar-refractivity contribution in [3.63, 3.8) is 0 Å². The summed E-state index contributed by atoms with van der Waals surface area (Å²) in [6, 6.07) is 7.22. The molecule has 0 amide bonds. The second-order valence-corrected chi connectivity index (χ2v) is 5.71. The average Bonchev–Trinajstić information content (AvgIpc) is 2.90. The lowest BCUT2D eigenvalue weighted by Gasteiger charge is -2.19. The molecular formula is C18H27N3. The molecule has 114 valence electrons. The summed E-state index contributed by atoms with van der Waals surface area (Å²) < 4.78 is 2.23. The Morgan fingerprint density at radius 1 is 1.14 bits per heavy atom. The molecule has 21 heavy (non-hydrogen) atoms. The van der Waals surface area contributed by atoms with Crippen LogP contribution in [0.3, 0.4) is 0 Å². The van der Waals surface area contributed by atoms with Crippen LogP contribution in [0.25, 0.3) is 0 Å². The van der Waals surface area contributed by atoms with E-state index in [1.165, 1.54) is 22.5 Å². The summed E-state index contributed by atoms with van der Waals surface area (Å²) >= 11 is 0. The predicted octanol–water partition coefficient (Wildman–Crippen LogP) is 3.28. The van der Waals surface area contributed by atoms with E-state index in [1.807, 2.05) is 6.20 Å². The standard InChI is InChI=1S/C18H27N3/c1-5-19-17(13-18-20-9-10-21(18)6-2)12-16-8-7-14(3)15(4)11-16/h7-11,17,19H,5-6,12-13H2,1-4H3. The number of rotatable bonds is 7. The van der Waals surface area contributed by atoms with Gasteiger partial charge in [0.15, 0.2) is 0 Å². The number of imidazole rings is 1. The number of benzene rings is 1. The lowest BCUT2D eigenvalue weighted by atomic mass is 9.99. The van der Waals surface area contributed by atoms with Crippen molar-refractivity contribution in [1.82, 2.24) is 14.9 Å². The van der Waals surface area contributed by atoms with Crippen molar-refractivity contribution in [2.45, 2.75) is 53.1 Å². The quantitative estimate of drug-likeness (QED) is 0.846. The van der Waals surface area contributed by atoms with Gasteiger partial charge in [0.2, 0.25) is 0 Å². The first-order valence-corrected chi connectivity index (χ1v) is 7.93. The lowest BCUT2D eigenvalue weighted by Crippen LogP contribution is -2.34. The molecule has 1 aromatic carbocycles. The van der Waals surface area contributed by atoms with E-state index in [4.69, 9.17) is 0 Å². The minimum atomic E-state index is 0.435. The molecule has 0 spiro atoms. The normalized spacial score (nSPS) is 12.6. The molecule has 2 aromatic rings. The van der Waals surface area contributed by atoms with E-state index in [1.54, 1.807) is 0 Å². The van der Waals surface area contributed by atoms with Crippen LogP contribution in [0.1, 0.15) is 36.4 Å². The summed E-state index contributed by atoms with van der Waals surface area (Å²) in [5.74, 6) is 1.17. The Labute approximate surface area is 128 Å². The van der Waals surface area contributed by atoms with Crippen LogP contribution >= 0.6 is 0 Å². The summed E-state index contributed by atoms with van der Waals surface area (Å²) in [5.41, 5.74) is 4.14. The molecule has 0 bridgehead atoms. The van der Waals surface area contributed by atoms with Crippen molar-refractivity contribution in [1.29, 1.82) is 0 Å². The fraction of sp³-hybridized carbons (Fsp3) is 0.500. The van der Waals surface area contributed by atoms with Crippen LogP contribution in [0.4, 0.5) is 0 Å². The SMILES string of the molecule is CCNC(Cc1ccc(C)c(C)c1)Cc1nccn1CC. The third-order valence-corrected chi connectivity index (χ3v) is 4.12. The summed E-state index contributed by atoms with van der Waals surface area (Å²) in [6.07, 6.45) is 5.99. The van der Waals surface area contributed by atoms with Crippen LogP contribution in [0.15, 0.2) is 30.6 Å². The smallest absolute Gasteiger partial charge is 0.110 e. The Balaban J connectivity index is 2.09.